The first kappa shape index (κ1) is 18.5. The Balaban J connectivity index is 1.85. The number of rotatable bonds is 6. The van der Waals surface area contributed by atoms with Gasteiger partial charge in [0, 0.05) is 31.8 Å². The van der Waals surface area contributed by atoms with Crippen molar-refractivity contribution in [2.24, 2.45) is 0 Å². The molecule has 144 valence electrons. The molecular formula is C20H20ClN5O2. The monoisotopic (exact) mass is 397 g/mol. The van der Waals surface area contributed by atoms with Crippen molar-refractivity contribution in [3.8, 4) is 0 Å². The van der Waals surface area contributed by atoms with Crippen LogP contribution in [0.4, 0.5) is 0 Å². The molecule has 3 heterocycles. The number of hydrogen-bond acceptors (Lipinski definition) is 4. The van der Waals surface area contributed by atoms with E-state index in [4.69, 9.17) is 16.7 Å². The molecule has 4 aromatic rings. The van der Waals surface area contributed by atoms with Crippen LogP contribution in [0.25, 0.3) is 16.7 Å². The van der Waals surface area contributed by atoms with E-state index in [0.29, 0.717) is 30.2 Å². The summed E-state index contributed by atoms with van der Waals surface area (Å²) < 4.78 is 3.85. The zero-order chi connectivity index (χ0) is 19.7. The van der Waals surface area contributed by atoms with Gasteiger partial charge in [0.1, 0.15) is 12.0 Å². The Bertz CT molecular complexity index is 1150. The summed E-state index contributed by atoms with van der Waals surface area (Å²) in [6.07, 6.45) is 2.18. The topological polar surface area (TPSA) is 75.7 Å². The highest BCUT2D eigenvalue weighted by atomic mass is 35.5. The number of halogens is 1. The van der Waals surface area contributed by atoms with Crippen molar-refractivity contribution in [1.82, 2.24) is 24.1 Å². The molecule has 0 radical (unpaired) electrons. The van der Waals surface area contributed by atoms with Crippen LogP contribution in [0.3, 0.4) is 0 Å². The molecule has 0 saturated carbocycles. The second-order valence-electron chi connectivity index (χ2n) is 6.71. The minimum atomic E-state index is -0.104. The summed E-state index contributed by atoms with van der Waals surface area (Å²) >= 11 is 6.15. The fourth-order valence-corrected chi connectivity index (χ4v) is 3.60. The molecule has 0 bridgehead atoms. The first-order valence-electron chi connectivity index (χ1n) is 9.01. The van der Waals surface area contributed by atoms with E-state index in [1.165, 1.54) is 0 Å². The largest absolute Gasteiger partial charge is 0.396 e. The molecule has 8 heteroatoms. The van der Waals surface area contributed by atoms with E-state index >= 15 is 0 Å². The number of benzene rings is 1. The quantitative estimate of drug-likeness (QED) is 0.542. The summed E-state index contributed by atoms with van der Waals surface area (Å²) in [6, 6.07) is 13.3. The number of aromatic nitrogens is 4. The fourth-order valence-electron chi connectivity index (χ4n) is 3.38. The molecule has 0 saturated heterocycles. The second-order valence-corrected chi connectivity index (χ2v) is 7.15. The van der Waals surface area contributed by atoms with Crippen molar-refractivity contribution < 1.29 is 9.90 Å². The van der Waals surface area contributed by atoms with Gasteiger partial charge in [0.15, 0.2) is 5.65 Å². The first-order chi connectivity index (χ1) is 13.6. The molecule has 0 aliphatic heterocycles. The van der Waals surface area contributed by atoms with Crippen molar-refractivity contribution in [2.75, 3.05) is 20.2 Å². The lowest BCUT2D eigenvalue weighted by Crippen LogP contribution is -2.30. The van der Waals surface area contributed by atoms with E-state index in [1.807, 2.05) is 51.4 Å². The summed E-state index contributed by atoms with van der Waals surface area (Å²) in [5, 5.41) is 17.8. The molecule has 7 nitrogen and oxygen atoms in total. The smallest absolute Gasteiger partial charge is 0.270 e. The van der Waals surface area contributed by atoms with Crippen LogP contribution in [-0.4, -0.2) is 55.3 Å². The summed E-state index contributed by atoms with van der Waals surface area (Å²) in [5.74, 6) is -0.104. The summed E-state index contributed by atoms with van der Waals surface area (Å²) in [6.45, 7) is 1.03. The molecule has 1 amide bonds. The maximum atomic E-state index is 13.1. The van der Waals surface area contributed by atoms with Crippen molar-refractivity contribution in [3.63, 3.8) is 0 Å². The number of aliphatic hydroxyl groups excluding tert-OH is 1. The Morgan fingerprint density at radius 1 is 1.21 bits per heavy atom. The van der Waals surface area contributed by atoms with Crippen LogP contribution < -0.4 is 0 Å². The fraction of sp³-hybridized carbons (Fsp3) is 0.250. The number of hydrogen-bond donors (Lipinski definition) is 1. The van der Waals surface area contributed by atoms with Gasteiger partial charge in [-0.2, -0.15) is 0 Å². The van der Waals surface area contributed by atoms with Crippen LogP contribution in [0.1, 0.15) is 22.5 Å². The van der Waals surface area contributed by atoms with E-state index in [0.717, 1.165) is 22.2 Å². The van der Waals surface area contributed by atoms with Crippen LogP contribution in [0.2, 0.25) is 5.02 Å². The minimum absolute atomic E-state index is 0.0461. The number of amides is 1. The Labute approximate surface area is 166 Å². The van der Waals surface area contributed by atoms with E-state index in [1.54, 1.807) is 18.3 Å². The van der Waals surface area contributed by atoms with Gasteiger partial charge in [-0.25, -0.2) is 0 Å². The zero-order valence-corrected chi connectivity index (χ0v) is 16.2. The maximum absolute atomic E-state index is 13.1. The highest BCUT2D eigenvalue weighted by molar-refractivity contribution is 6.30. The predicted molar refractivity (Wildman–Crippen MR) is 108 cm³/mol. The molecule has 0 fully saturated rings. The lowest BCUT2D eigenvalue weighted by molar-refractivity contribution is 0.0776. The standard InChI is InChI=1S/C20H20ClN5O2/c1-24(8-3-9-27)20(28)18-11-17-16(6-7-19-23-22-13-26(17)19)25(18)12-14-4-2-5-15(21)10-14/h2,4-7,10-11,13,27H,3,8-9,12H2,1H3. The number of pyridine rings is 1. The average Bonchev–Trinajstić information content (AvgIpc) is 3.30. The molecule has 0 aliphatic carbocycles. The molecule has 1 aromatic carbocycles. The Morgan fingerprint density at radius 2 is 2.07 bits per heavy atom. The summed E-state index contributed by atoms with van der Waals surface area (Å²) in [7, 11) is 1.74. The van der Waals surface area contributed by atoms with Gasteiger partial charge in [-0.3, -0.25) is 9.20 Å². The Morgan fingerprint density at radius 3 is 2.86 bits per heavy atom. The van der Waals surface area contributed by atoms with Gasteiger partial charge < -0.3 is 14.6 Å². The third-order valence-corrected chi connectivity index (χ3v) is 5.02. The van der Waals surface area contributed by atoms with Gasteiger partial charge in [0.2, 0.25) is 0 Å². The third-order valence-electron chi connectivity index (χ3n) is 4.79. The van der Waals surface area contributed by atoms with Gasteiger partial charge in [0.05, 0.1) is 11.0 Å². The highest BCUT2D eigenvalue weighted by Crippen LogP contribution is 2.24. The molecule has 0 spiro atoms. The lowest BCUT2D eigenvalue weighted by Gasteiger charge is -2.18. The van der Waals surface area contributed by atoms with Crippen molar-refractivity contribution in [3.05, 3.63) is 65.1 Å². The average molecular weight is 398 g/mol. The number of carbonyl (C=O) groups excluding carboxylic acids is 1. The Kier molecular flexibility index (Phi) is 5.02. The van der Waals surface area contributed by atoms with Gasteiger partial charge in [0.25, 0.3) is 5.91 Å². The molecule has 0 aliphatic rings. The van der Waals surface area contributed by atoms with Gasteiger partial charge in [-0.1, -0.05) is 23.7 Å². The number of fused-ring (bicyclic) bond motifs is 3. The van der Waals surface area contributed by atoms with E-state index in [2.05, 4.69) is 10.2 Å². The molecule has 1 N–H and O–H groups in total. The predicted octanol–water partition coefficient (Wildman–Crippen LogP) is 2.84. The molecular weight excluding hydrogens is 378 g/mol. The SMILES string of the molecule is CN(CCCO)C(=O)c1cc2c(ccc3nncn32)n1Cc1cccc(Cl)c1. The number of nitrogens with zero attached hydrogens (tertiary/aromatic N) is 5. The molecule has 3 aromatic heterocycles. The van der Waals surface area contributed by atoms with E-state index < -0.39 is 0 Å². The van der Waals surface area contributed by atoms with Gasteiger partial charge in [-0.15, -0.1) is 10.2 Å². The number of aliphatic hydroxyl groups is 1. The molecule has 0 atom stereocenters. The van der Waals surface area contributed by atoms with Crippen LogP contribution in [0.15, 0.2) is 48.8 Å². The van der Waals surface area contributed by atoms with Crippen molar-refractivity contribution in [2.45, 2.75) is 13.0 Å². The minimum Gasteiger partial charge on any atom is -0.396 e. The lowest BCUT2D eigenvalue weighted by atomic mass is 10.2. The first-order valence-corrected chi connectivity index (χ1v) is 9.39. The molecule has 4 rings (SSSR count). The third kappa shape index (κ3) is 3.34. The maximum Gasteiger partial charge on any atom is 0.270 e. The Hall–Kier alpha value is -2.90. The van der Waals surface area contributed by atoms with E-state index in [9.17, 15) is 4.79 Å². The van der Waals surface area contributed by atoms with E-state index in [-0.39, 0.29) is 12.5 Å². The van der Waals surface area contributed by atoms with Crippen LogP contribution >= 0.6 is 11.6 Å². The van der Waals surface area contributed by atoms with Gasteiger partial charge in [-0.05, 0) is 42.3 Å². The molecule has 28 heavy (non-hydrogen) atoms. The van der Waals surface area contributed by atoms with Crippen molar-refractivity contribution in [1.29, 1.82) is 0 Å². The second kappa shape index (κ2) is 7.61. The highest BCUT2D eigenvalue weighted by Gasteiger charge is 2.20. The van der Waals surface area contributed by atoms with Crippen LogP contribution in [-0.2, 0) is 6.54 Å². The normalized spacial score (nSPS) is 11.4. The summed E-state index contributed by atoms with van der Waals surface area (Å²) in [5.41, 5.74) is 4.06. The summed E-state index contributed by atoms with van der Waals surface area (Å²) in [4.78, 5) is 14.8. The van der Waals surface area contributed by atoms with Crippen LogP contribution in [0.5, 0.6) is 0 Å². The molecule has 0 unspecified atom stereocenters. The van der Waals surface area contributed by atoms with Crippen molar-refractivity contribution >= 4 is 34.2 Å². The zero-order valence-electron chi connectivity index (χ0n) is 15.4. The van der Waals surface area contributed by atoms with Crippen LogP contribution in [0, 0.1) is 0 Å². The number of carbonyl (C=O) groups is 1. The van der Waals surface area contributed by atoms with Gasteiger partial charge >= 0.3 is 0 Å².